The van der Waals surface area contributed by atoms with E-state index in [9.17, 15) is 18.3 Å². The van der Waals surface area contributed by atoms with Crippen LogP contribution in [0.4, 0.5) is 11.4 Å². The summed E-state index contributed by atoms with van der Waals surface area (Å²) in [6.45, 7) is 6.03. The summed E-state index contributed by atoms with van der Waals surface area (Å²) in [6.07, 6.45) is 0.605. The number of benzene rings is 3. The molecule has 0 saturated carbocycles. The molecule has 0 fully saturated rings. The summed E-state index contributed by atoms with van der Waals surface area (Å²) < 4.78 is 35.2. The number of halogens is 1. The molecule has 0 radical (unpaired) electrons. The molecule has 0 amide bonds. The molecule has 3 aromatic carbocycles. The third-order valence-electron chi connectivity index (χ3n) is 6.34. The van der Waals surface area contributed by atoms with Crippen molar-refractivity contribution in [3.63, 3.8) is 0 Å². The van der Waals surface area contributed by atoms with Gasteiger partial charge in [0.05, 0.1) is 17.7 Å². The number of sulfonamides is 1. The van der Waals surface area contributed by atoms with Gasteiger partial charge in [0.15, 0.2) is 0 Å². The SMILES string of the molecule is COc1cc(Br)cc(CN2CCc3c2cccc3N(CC(=O)O)S(=O)(=O)c2c(C)cc(C)cc2C)c1. The second-order valence-electron chi connectivity index (χ2n) is 9.08. The minimum Gasteiger partial charge on any atom is -0.497 e. The number of ether oxygens (including phenoxy) is 1. The highest BCUT2D eigenvalue weighted by Gasteiger charge is 2.34. The number of carboxylic acid groups (broad SMARTS) is 1. The van der Waals surface area contributed by atoms with E-state index >= 15 is 0 Å². The first-order chi connectivity index (χ1) is 17.0. The lowest BCUT2D eigenvalue weighted by atomic mass is 10.1. The summed E-state index contributed by atoms with van der Waals surface area (Å²) in [6, 6.07) is 14.9. The highest BCUT2D eigenvalue weighted by molar-refractivity contribution is 9.10. The quantitative estimate of drug-likeness (QED) is 0.398. The lowest BCUT2D eigenvalue weighted by Gasteiger charge is -2.27. The molecule has 0 atom stereocenters. The maximum atomic E-state index is 13.9. The second kappa shape index (κ2) is 10.1. The fraction of sp³-hybridized carbons (Fsp3) is 0.296. The number of carboxylic acids is 1. The Morgan fingerprint density at radius 1 is 1.11 bits per heavy atom. The van der Waals surface area contributed by atoms with Crippen LogP contribution < -0.4 is 13.9 Å². The van der Waals surface area contributed by atoms with Crippen molar-refractivity contribution in [2.75, 3.05) is 29.4 Å². The molecule has 1 N–H and O–H groups in total. The number of aryl methyl sites for hydroxylation is 3. The van der Waals surface area contributed by atoms with Gasteiger partial charge in [-0.1, -0.05) is 39.7 Å². The molecule has 3 aromatic rings. The molecule has 1 aliphatic heterocycles. The van der Waals surface area contributed by atoms with E-state index in [2.05, 4.69) is 20.8 Å². The molecule has 1 aliphatic rings. The third kappa shape index (κ3) is 5.08. The van der Waals surface area contributed by atoms with E-state index in [1.54, 1.807) is 33.1 Å². The zero-order valence-electron chi connectivity index (χ0n) is 20.7. The van der Waals surface area contributed by atoms with Crippen LogP contribution in [0.3, 0.4) is 0 Å². The lowest BCUT2D eigenvalue weighted by Crippen LogP contribution is -2.37. The van der Waals surface area contributed by atoms with Crippen LogP contribution in [0.2, 0.25) is 0 Å². The number of aliphatic carboxylic acids is 1. The Morgan fingerprint density at radius 3 is 2.44 bits per heavy atom. The molecule has 4 rings (SSSR count). The van der Waals surface area contributed by atoms with E-state index in [4.69, 9.17) is 4.74 Å². The molecule has 0 aromatic heterocycles. The van der Waals surface area contributed by atoms with Crippen LogP contribution in [-0.4, -0.2) is 39.7 Å². The van der Waals surface area contributed by atoms with Gasteiger partial charge in [-0.3, -0.25) is 9.10 Å². The van der Waals surface area contributed by atoms with Crippen molar-refractivity contribution in [3.05, 3.63) is 80.8 Å². The molecular formula is C27H29BrN2O5S. The molecule has 36 heavy (non-hydrogen) atoms. The van der Waals surface area contributed by atoms with Gasteiger partial charge in [-0.05, 0) is 74.2 Å². The summed E-state index contributed by atoms with van der Waals surface area (Å²) in [5.74, 6) is -0.468. The average Bonchev–Trinajstić information content (AvgIpc) is 3.19. The molecule has 0 unspecified atom stereocenters. The minimum atomic E-state index is -4.13. The van der Waals surface area contributed by atoms with E-state index in [-0.39, 0.29) is 4.90 Å². The van der Waals surface area contributed by atoms with E-state index in [0.717, 1.165) is 36.9 Å². The van der Waals surface area contributed by atoms with Crippen LogP contribution in [0.5, 0.6) is 5.75 Å². The number of anilines is 2. The third-order valence-corrected chi connectivity index (χ3v) is 8.86. The van der Waals surface area contributed by atoms with E-state index in [1.165, 1.54) is 0 Å². The molecule has 9 heteroatoms. The molecule has 0 saturated heterocycles. The molecule has 0 spiro atoms. The first-order valence-electron chi connectivity index (χ1n) is 11.5. The fourth-order valence-corrected chi connectivity index (χ4v) is 7.42. The lowest BCUT2D eigenvalue weighted by molar-refractivity contribution is -0.135. The van der Waals surface area contributed by atoms with Gasteiger partial charge in [0.1, 0.15) is 12.3 Å². The highest BCUT2D eigenvalue weighted by Crippen LogP contribution is 2.39. The predicted octanol–water partition coefficient (Wildman–Crippen LogP) is 5.23. The summed E-state index contributed by atoms with van der Waals surface area (Å²) in [4.78, 5) is 14.2. The van der Waals surface area contributed by atoms with E-state index in [1.807, 2.05) is 43.3 Å². The van der Waals surface area contributed by atoms with Gasteiger partial charge in [0.25, 0.3) is 10.0 Å². The van der Waals surface area contributed by atoms with E-state index < -0.39 is 22.5 Å². The van der Waals surface area contributed by atoms with Crippen molar-refractivity contribution < 1.29 is 23.1 Å². The number of carbonyl (C=O) groups is 1. The first-order valence-corrected chi connectivity index (χ1v) is 13.8. The Balaban J connectivity index is 1.77. The largest absolute Gasteiger partial charge is 0.497 e. The van der Waals surface area contributed by atoms with Crippen LogP contribution in [0.25, 0.3) is 0 Å². The van der Waals surface area contributed by atoms with Crippen molar-refractivity contribution in [2.24, 2.45) is 0 Å². The molecule has 0 bridgehead atoms. The first kappa shape index (κ1) is 26.0. The van der Waals surface area contributed by atoms with Crippen molar-refractivity contribution in [3.8, 4) is 5.75 Å². The van der Waals surface area contributed by atoms with Crippen LogP contribution in [0.15, 0.2) is 57.9 Å². The number of nitrogens with zero attached hydrogens (tertiary/aromatic N) is 2. The van der Waals surface area contributed by atoms with Crippen molar-refractivity contribution >= 4 is 43.3 Å². The molecular weight excluding hydrogens is 544 g/mol. The zero-order chi connectivity index (χ0) is 26.2. The number of fused-ring (bicyclic) bond motifs is 1. The average molecular weight is 574 g/mol. The molecule has 0 aliphatic carbocycles. The van der Waals surface area contributed by atoms with Gasteiger partial charge in [-0.15, -0.1) is 0 Å². The maximum absolute atomic E-state index is 13.9. The number of hydrogen-bond donors (Lipinski definition) is 1. The highest BCUT2D eigenvalue weighted by atomic mass is 79.9. The Labute approximate surface area is 220 Å². The van der Waals surface area contributed by atoms with Crippen molar-refractivity contribution in [1.82, 2.24) is 0 Å². The normalized spacial score (nSPS) is 13.0. The Bertz CT molecular complexity index is 1420. The maximum Gasteiger partial charge on any atom is 0.324 e. The topological polar surface area (TPSA) is 87.2 Å². The minimum absolute atomic E-state index is 0.156. The van der Waals surface area contributed by atoms with Gasteiger partial charge in [-0.25, -0.2) is 8.42 Å². The number of methoxy groups -OCH3 is 1. The van der Waals surface area contributed by atoms with E-state index in [0.29, 0.717) is 36.3 Å². The van der Waals surface area contributed by atoms with Gasteiger partial charge in [0.2, 0.25) is 0 Å². The fourth-order valence-electron chi connectivity index (χ4n) is 5.04. The molecule has 7 nitrogen and oxygen atoms in total. The predicted molar refractivity (Wildman–Crippen MR) is 145 cm³/mol. The summed E-state index contributed by atoms with van der Waals surface area (Å²) in [5.41, 5.74) is 5.32. The van der Waals surface area contributed by atoms with Crippen LogP contribution >= 0.6 is 15.9 Å². The van der Waals surface area contributed by atoms with Gasteiger partial charge in [0, 0.05) is 28.8 Å². The van der Waals surface area contributed by atoms with Crippen molar-refractivity contribution in [1.29, 1.82) is 0 Å². The summed E-state index contributed by atoms with van der Waals surface area (Å²) >= 11 is 3.52. The number of rotatable bonds is 8. The van der Waals surface area contributed by atoms with Crippen LogP contribution in [0.1, 0.15) is 27.8 Å². The summed E-state index contributed by atoms with van der Waals surface area (Å²) in [7, 11) is -2.51. The van der Waals surface area contributed by atoms with Crippen LogP contribution in [-0.2, 0) is 27.8 Å². The summed E-state index contributed by atoms with van der Waals surface area (Å²) in [5, 5.41) is 9.68. The Kier molecular flexibility index (Phi) is 7.33. The van der Waals surface area contributed by atoms with Gasteiger partial charge >= 0.3 is 5.97 Å². The monoisotopic (exact) mass is 572 g/mol. The standard InChI is InChI=1S/C27H29BrN2O5S/c1-17-10-18(2)27(19(3)11-17)36(33,34)30(16-26(31)32)25-7-5-6-24-23(25)8-9-29(24)15-20-12-21(28)14-22(13-20)35-4/h5-7,10-14H,8-9,15-16H2,1-4H3,(H,31,32). The van der Waals surface area contributed by atoms with Gasteiger partial charge in [-0.2, -0.15) is 0 Å². The molecule has 1 heterocycles. The zero-order valence-corrected chi connectivity index (χ0v) is 23.1. The second-order valence-corrected chi connectivity index (χ2v) is 11.8. The smallest absolute Gasteiger partial charge is 0.324 e. The molecule has 190 valence electrons. The van der Waals surface area contributed by atoms with Gasteiger partial charge < -0.3 is 14.7 Å². The van der Waals surface area contributed by atoms with Crippen LogP contribution in [0, 0.1) is 20.8 Å². The Morgan fingerprint density at radius 2 is 1.81 bits per heavy atom. The number of hydrogen-bond acceptors (Lipinski definition) is 5. The Hall–Kier alpha value is -3.04. The van der Waals surface area contributed by atoms with Crippen molar-refractivity contribution in [2.45, 2.75) is 38.6 Å².